The van der Waals surface area contributed by atoms with Crippen LogP contribution in [0.2, 0.25) is 5.02 Å². The largest absolute Gasteiger partial charge is 0.316 e. The molecule has 0 atom stereocenters. The van der Waals surface area contributed by atoms with Crippen molar-refractivity contribution in [1.82, 2.24) is 15.1 Å². The summed E-state index contributed by atoms with van der Waals surface area (Å²) in [4.78, 5) is 0. The van der Waals surface area contributed by atoms with Gasteiger partial charge in [-0.25, -0.2) is 0 Å². The molecular weight excluding hydrogens is 258 g/mol. The Balaban J connectivity index is 2.24. The van der Waals surface area contributed by atoms with Crippen molar-refractivity contribution in [2.24, 2.45) is 0 Å². The van der Waals surface area contributed by atoms with Crippen LogP contribution in [0, 0.1) is 0 Å². The van der Waals surface area contributed by atoms with Gasteiger partial charge in [0.25, 0.3) is 0 Å². The van der Waals surface area contributed by atoms with Crippen LogP contribution in [0.25, 0.3) is 0 Å². The summed E-state index contributed by atoms with van der Waals surface area (Å²) in [5.41, 5.74) is 3.78. The van der Waals surface area contributed by atoms with Crippen molar-refractivity contribution in [1.29, 1.82) is 0 Å². The fourth-order valence-corrected chi connectivity index (χ4v) is 2.47. The summed E-state index contributed by atoms with van der Waals surface area (Å²) < 4.78 is 2.09. The van der Waals surface area contributed by atoms with Crippen LogP contribution in [-0.2, 0) is 19.5 Å². The molecule has 1 aromatic carbocycles. The molecule has 0 saturated heterocycles. The summed E-state index contributed by atoms with van der Waals surface area (Å²) in [5, 5.41) is 8.48. The van der Waals surface area contributed by atoms with Crippen LogP contribution in [-0.4, -0.2) is 16.8 Å². The first-order valence-electron chi connectivity index (χ1n) is 6.67. The molecule has 4 heteroatoms. The van der Waals surface area contributed by atoms with E-state index in [2.05, 4.69) is 28.1 Å². The highest BCUT2D eigenvalue weighted by molar-refractivity contribution is 6.30. The molecule has 0 saturated carbocycles. The van der Waals surface area contributed by atoms with Crippen LogP contribution >= 0.6 is 11.6 Å². The number of halogens is 1. The van der Waals surface area contributed by atoms with Crippen molar-refractivity contribution in [3.8, 4) is 0 Å². The van der Waals surface area contributed by atoms with E-state index in [0.29, 0.717) is 0 Å². The Morgan fingerprint density at radius 2 is 2.21 bits per heavy atom. The van der Waals surface area contributed by atoms with Gasteiger partial charge in [0.05, 0.1) is 12.7 Å². The maximum Gasteiger partial charge on any atom is 0.0663 e. The van der Waals surface area contributed by atoms with Crippen molar-refractivity contribution >= 4 is 11.6 Å². The molecule has 2 aromatic rings. The lowest BCUT2D eigenvalue weighted by atomic mass is 10.1. The third kappa shape index (κ3) is 3.58. The number of nitrogens with one attached hydrogen (secondary N) is 1. The molecule has 0 aliphatic heterocycles. The fraction of sp³-hybridized carbons (Fsp3) is 0.400. The minimum atomic E-state index is 0.775. The minimum Gasteiger partial charge on any atom is -0.316 e. The molecule has 0 spiro atoms. The maximum absolute atomic E-state index is 6.03. The lowest BCUT2D eigenvalue weighted by Gasteiger charge is -2.09. The van der Waals surface area contributed by atoms with Crippen LogP contribution in [0.15, 0.2) is 30.5 Å². The molecule has 0 bridgehead atoms. The topological polar surface area (TPSA) is 29.9 Å². The average Bonchev–Trinajstić information content (AvgIpc) is 2.74. The Hall–Kier alpha value is -1.32. The first-order chi connectivity index (χ1) is 9.24. The molecule has 0 amide bonds. The Labute approximate surface area is 119 Å². The van der Waals surface area contributed by atoms with E-state index in [0.717, 1.165) is 31.0 Å². The number of benzene rings is 1. The highest BCUT2D eigenvalue weighted by atomic mass is 35.5. The van der Waals surface area contributed by atoms with Crippen LogP contribution in [0.4, 0.5) is 0 Å². The van der Waals surface area contributed by atoms with Gasteiger partial charge in [0.15, 0.2) is 0 Å². The van der Waals surface area contributed by atoms with Gasteiger partial charge in [-0.2, -0.15) is 5.10 Å². The van der Waals surface area contributed by atoms with Crippen LogP contribution in [0.1, 0.15) is 30.2 Å². The summed E-state index contributed by atoms with van der Waals surface area (Å²) >= 11 is 6.03. The molecule has 2 rings (SSSR count). The van der Waals surface area contributed by atoms with Gasteiger partial charge in [-0.05, 0) is 31.2 Å². The number of aromatic nitrogens is 2. The van der Waals surface area contributed by atoms with Gasteiger partial charge in [-0.3, -0.25) is 4.68 Å². The molecule has 1 aromatic heterocycles. The second kappa shape index (κ2) is 6.73. The molecule has 19 heavy (non-hydrogen) atoms. The van der Waals surface area contributed by atoms with Crippen molar-refractivity contribution in [3.63, 3.8) is 0 Å². The van der Waals surface area contributed by atoms with E-state index in [1.54, 1.807) is 0 Å². The van der Waals surface area contributed by atoms with Crippen molar-refractivity contribution < 1.29 is 0 Å². The zero-order valence-electron chi connectivity index (χ0n) is 11.5. The van der Waals surface area contributed by atoms with Crippen LogP contribution < -0.4 is 5.32 Å². The first kappa shape index (κ1) is 14.1. The smallest absolute Gasteiger partial charge is 0.0663 e. The van der Waals surface area contributed by atoms with E-state index in [1.165, 1.54) is 16.8 Å². The second-order valence-corrected chi connectivity index (χ2v) is 5.12. The zero-order chi connectivity index (χ0) is 13.7. The van der Waals surface area contributed by atoms with Gasteiger partial charge in [0.2, 0.25) is 0 Å². The zero-order valence-corrected chi connectivity index (χ0v) is 12.2. The predicted molar refractivity (Wildman–Crippen MR) is 79.5 cm³/mol. The summed E-state index contributed by atoms with van der Waals surface area (Å²) in [6.45, 7) is 3.84. The molecule has 3 nitrogen and oxygen atoms in total. The number of hydrogen-bond donors (Lipinski definition) is 1. The molecule has 0 fully saturated rings. The Kier molecular flexibility index (Phi) is 5.00. The van der Waals surface area contributed by atoms with E-state index in [4.69, 9.17) is 11.6 Å². The number of hydrogen-bond acceptors (Lipinski definition) is 2. The van der Waals surface area contributed by atoms with Gasteiger partial charge >= 0.3 is 0 Å². The number of nitrogens with zero attached hydrogens (tertiary/aromatic N) is 2. The molecule has 102 valence electrons. The standard InChI is InChI=1S/C15H20ClN3/c1-3-5-15-13(9-17-2)10-18-19(15)11-12-6-4-7-14(16)8-12/h4,6-8,10,17H,3,5,9,11H2,1-2H3. The van der Waals surface area contributed by atoms with Gasteiger partial charge in [-0.1, -0.05) is 37.1 Å². The van der Waals surface area contributed by atoms with Gasteiger partial charge in [-0.15, -0.1) is 0 Å². The van der Waals surface area contributed by atoms with E-state index < -0.39 is 0 Å². The van der Waals surface area contributed by atoms with Crippen molar-refractivity contribution in [2.45, 2.75) is 32.9 Å². The Morgan fingerprint density at radius 1 is 1.37 bits per heavy atom. The van der Waals surface area contributed by atoms with Crippen LogP contribution in [0.3, 0.4) is 0 Å². The maximum atomic E-state index is 6.03. The van der Waals surface area contributed by atoms with Crippen molar-refractivity contribution in [3.05, 3.63) is 52.3 Å². The Morgan fingerprint density at radius 3 is 2.89 bits per heavy atom. The molecular formula is C15H20ClN3. The fourth-order valence-electron chi connectivity index (χ4n) is 2.26. The lowest BCUT2D eigenvalue weighted by molar-refractivity contribution is 0.632. The number of rotatable bonds is 6. The normalized spacial score (nSPS) is 10.9. The molecule has 1 heterocycles. The average molecular weight is 278 g/mol. The summed E-state index contributed by atoms with van der Waals surface area (Å²) in [6, 6.07) is 7.96. The highest BCUT2D eigenvalue weighted by Crippen LogP contribution is 2.16. The van der Waals surface area contributed by atoms with Gasteiger partial charge in [0, 0.05) is 22.8 Å². The van der Waals surface area contributed by atoms with Gasteiger partial charge in [0.1, 0.15) is 0 Å². The minimum absolute atomic E-state index is 0.775. The predicted octanol–water partition coefficient (Wildman–Crippen LogP) is 3.26. The molecule has 1 N–H and O–H groups in total. The summed E-state index contributed by atoms with van der Waals surface area (Å²) in [6.07, 6.45) is 4.14. The van der Waals surface area contributed by atoms with Crippen LogP contribution in [0.5, 0.6) is 0 Å². The SMILES string of the molecule is CCCc1c(CNC)cnn1Cc1cccc(Cl)c1. The summed E-state index contributed by atoms with van der Waals surface area (Å²) in [7, 11) is 1.96. The molecule has 0 aliphatic rings. The molecule has 0 radical (unpaired) electrons. The van der Waals surface area contributed by atoms with E-state index in [9.17, 15) is 0 Å². The Bertz CT molecular complexity index is 534. The highest BCUT2D eigenvalue weighted by Gasteiger charge is 2.09. The van der Waals surface area contributed by atoms with Crippen molar-refractivity contribution in [2.75, 3.05) is 7.05 Å². The summed E-state index contributed by atoms with van der Waals surface area (Å²) in [5.74, 6) is 0. The third-order valence-corrected chi connectivity index (χ3v) is 3.35. The molecule has 0 aliphatic carbocycles. The molecule has 0 unspecified atom stereocenters. The van der Waals surface area contributed by atoms with E-state index >= 15 is 0 Å². The lowest BCUT2D eigenvalue weighted by Crippen LogP contribution is -2.10. The second-order valence-electron chi connectivity index (χ2n) is 4.68. The van der Waals surface area contributed by atoms with E-state index in [1.807, 2.05) is 31.4 Å². The van der Waals surface area contributed by atoms with Gasteiger partial charge < -0.3 is 5.32 Å². The third-order valence-electron chi connectivity index (χ3n) is 3.11. The first-order valence-corrected chi connectivity index (χ1v) is 7.05. The quantitative estimate of drug-likeness (QED) is 0.878. The monoisotopic (exact) mass is 277 g/mol. The van der Waals surface area contributed by atoms with E-state index in [-0.39, 0.29) is 0 Å².